The van der Waals surface area contributed by atoms with Crippen LogP contribution in [0.3, 0.4) is 0 Å². The van der Waals surface area contributed by atoms with E-state index in [0.717, 1.165) is 5.56 Å². The number of ether oxygens (including phenoxy) is 1. The van der Waals surface area contributed by atoms with Gasteiger partial charge in [0.1, 0.15) is 5.60 Å². The summed E-state index contributed by atoms with van der Waals surface area (Å²) in [7, 11) is 0. The summed E-state index contributed by atoms with van der Waals surface area (Å²) in [6.45, 7) is 7.20. The van der Waals surface area contributed by atoms with E-state index in [0.29, 0.717) is 0 Å². The summed E-state index contributed by atoms with van der Waals surface area (Å²) in [6.07, 6.45) is -0.565. The zero-order valence-electron chi connectivity index (χ0n) is 11.7. The topological polar surface area (TPSA) is 46.6 Å². The Labute approximate surface area is 113 Å². The third-order valence-corrected chi connectivity index (χ3v) is 3.11. The summed E-state index contributed by atoms with van der Waals surface area (Å²) in [5.41, 5.74) is 0.359. The number of benzene rings is 1. The van der Waals surface area contributed by atoms with Crippen molar-refractivity contribution in [1.82, 2.24) is 4.90 Å². The molecule has 0 bridgehead atoms. The van der Waals surface area contributed by atoms with E-state index >= 15 is 0 Å². The second-order valence-corrected chi connectivity index (χ2v) is 5.83. The molecule has 0 saturated carbocycles. The smallest absolute Gasteiger partial charge is 0.417 e. The van der Waals surface area contributed by atoms with Crippen molar-refractivity contribution in [2.24, 2.45) is 5.92 Å². The van der Waals surface area contributed by atoms with Crippen LogP contribution in [0.15, 0.2) is 30.3 Å². The fourth-order valence-electron chi connectivity index (χ4n) is 2.24. The number of carbonyl (C=O) groups is 2. The van der Waals surface area contributed by atoms with Gasteiger partial charge in [0.2, 0.25) is 5.91 Å². The molecule has 4 nitrogen and oxygen atoms in total. The third-order valence-electron chi connectivity index (χ3n) is 3.11. The number of amides is 2. The number of β-lactam (4-membered cyclic amide) rings is 1. The number of carbonyl (C=O) groups excluding carboxylic acids is 2. The van der Waals surface area contributed by atoms with E-state index in [2.05, 4.69) is 0 Å². The van der Waals surface area contributed by atoms with Crippen molar-refractivity contribution >= 4 is 12.0 Å². The van der Waals surface area contributed by atoms with E-state index in [1.165, 1.54) is 4.90 Å². The van der Waals surface area contributed by atoms with Crippen molar-refractivity contribution in [2.45, 2.75) is 39.3 Å². The Hall–Kier alpha value is -1.84. The largest absolute Gasteiger partial charge is 0.443 e. The highest BCUT2D eigenvalue weighted by atomic mass is 16.6. The van der Waals surface area contributed by atoms with Gasteiger partial charge < -0.3 is 4.74 Å². The maximum atomic E-state index is 12.1. The lowest BCUT2D eigenvalue weighted by Crippen LogP contribution is -2.57. The molecule has 0 aromatic heterocycles. The van der Waals surface area contributed by atoms with Crippen LogP contribution in [0.5, 0.6) is 0 Å². The fraction of sp³-hybridized carbons (Fsp3) is 0.467. The Kier molecular flexibility index (Phi) is 3.35. The van der Waals surface area contributed by atoms with Crippen LogP contribution in [0.4, 0.5) is 4.79 Å². The Morgan fingerprint density at radius 3 is 2.32 bits per heavy atom. The van der Waals surface area contributed by atoms with Crippen molar-refractivity contribution in [3.63, 3.8) is 0 Å². The molecular weight excluding hydrogens is 242 g/mol. The minimum atomic E-state index is -0.600. The second-order valence-electron chi connectivity index (χ2n) is 5.83. The molecule has 4 heteroatoms. The first-order valence-electron chi connectivity index (χ1n) is 6.42. The molecule has 0 spiro atoms. The molecule has 2 rings (SSSR count). The lowest BCUT2D eigenvalue weighted by molar-refractivity contribution is -0.153. The van der Waals surface area contributed by atoms with Gasteiger partial charge in [-0.15, -0.1) is 0 Å². The summed E-state index contributed by atoms with van der Waals surface area (Å²) >= 11 is 0. The highest BCUT2D eigenvalue weighted by Gasteiger charge is 2.50. The number of likely N-dealkylation sites (tertiary alicyclic amines) is 1. The molecular formula is C15H19NO3. The minimum Gasteiger partial charge on any atom is -0.443 e. The molecule has 1 aromatic rings. The lowest BCUT2D eigenvalue weighted by Gasteiger charge is -2.44. The van der Waals surface area contributed by atoms with E-state index in [1.54, 1.807) is 20.8 Å². The van der Waals surface area contributed by atoms with Gasteiger partial charge in [0.15, 0.2) is 0 Å². The highest BCUT2D eigenvalue weighted by Crippen LogP contribution is 2.40. The Morgan fingerprint density at radius 1 is 1.21 bits per heavy atom. The standard InChI is InChI=1S/C15H19NO3/c1-10-12(11-8-6-5-7-9-11)16(13(10)17)14(18)19-15(2,3)4/h5-10,12H,1-4H3/t10-,12?/m0/s1. The van der Waals surface area contributed by atoms with Crippen molar-refractivity contribution in [2.75, 3.05) is 0 Å². The van der Waals surface area contributed by atoms with Crippen LogP contribution in [0.25, 0.3) is 0 Å². The van der Waals surface area contributed by atoms with Gasteiger partial charge in [-0.1, -0.05) is 37.3 Å². The minimum absolute atomic E-state index is 0.178. The predicted octanol–water partition coefficient (Wildman–Crippen LogP) is 3.14. The number of nitrogens with zero attached hydrogens (tertiary/aromatic N) is 1. The molecule has 1 fully saturated rings. The zero-order chi connectivity index (χ0) is 14.2. The number of hydrogen-bond donors (Lipinski definition) is 0. The number of imide groups is 1. The fourth-order valence-corrected chi connectivity index (χ4v) is 2.24. The first-order chi connectivity index (χ1) is 8.81. The van der Waals surface area contributed by atoms with Crippen LogP contribution in [0.2, 0.25) is 0 Å². The van der Waals surface area contributed by atoms with Crippen LogP contribution in [0, 0.1) is 5.92 Å². The van der Waals surface area contributed by atoms with Gasteiger partial charge in [-0.2, -0.15) is 0 Å². The van der Waals surface area contributed by atoms with Gasteiger partial charge in [-0.05, 0) is 26.3 Å². The van der Waals surface area contributed by atoms with Gasteiger partial charge in [0.25, 0.3) is 0 Å². The van der Waals surface area contributed by atoms with Crippen molar-refractivity contribution in [1.29, 1.82) is 0 Å². The van der Waals surface area contributed by atoms with E-state index in [9.17, 15) is 9.59 Å². The van der Waals surface area contributed by atoms with Crippen molar-refractivity contribution < 1.29 is 14.3 Å². The quantitative estimate of drug-likeness (QED) is 0.730. The SMILES string of the molecule is C[C@@H]1C(=O)N(C(=O)OC(C)(C)C)C1c1ccccc1. The van der Waals surface area contributed by atoms with Gasteiger partial charge >= 0.3 is 6.09 Å². The summed E-state index contributed by atoms with van der Waals surface area (Å²) in [5.74, 6) is -0.363. The highest BCUT2D eigenvalue weighted by molar-refractivity contribution is 5.99. The first kappa shape index (κ1) is 13.6. The van der Waals surface area contributed by atoms with Gasteiger partial charge in [0, 0.05) is 0 Å². The molecule has 0 N–H and O–H groups in total. The van der Waals surface area contributed by atoms with Crippen LogP contribution in [-0.4, -0.2) is 22.5 Å². The van der Waals surface area contributed by atoms with Crippen LogP contribution in [-0.2, 0) is 9.53 Å². The maximum absolute atomic E-state index is 12.1. The molecule has 0 radical (unpaired) electrons. The van der Waals surface area contributed by atoms with Crippen LogP contribution in [0.1, 0.15) is 39.3 Å². The zero-order valence-corrected chi connectivity index (χ0v) is 11.7. The van der Waals surface area contributed by atoms with Gasteiger partial charge in [-0.25, -0.2) is 9.69 Å². The molecule has 19 heavy (non-hydrogen) atoms. The molecule has 1 aromatic carbocycles. The molecule has 0 aliphatic carbocycles. The average Bonchev–Trinajstić information content (AvgIpc) is 2.33. The van der Waals surface area contributed by atoms with Crippen LogP contribution >= 0.6 is 0 Å². The molecule has 102 valence electrons. The Bertz CT molecular complexity index is 490. The van der Waals surface area contributed by atoms with Crippen LogP contribution < -0.4 is 0 Å². The molecule has 2 amide bonds. The molecule has 1 unspecified atom stereocenters. The number of rotatable bonds is 1. The normalized spacial score (nSPS) is 22.9. The van der Waals surface area contributed by atoms with Gasteiger partial charge in [-0.3, -0.25) is 4.79 Å². The summed E-state index contributed by atoms with van der Waals surface area (Å²) in [6, 6.07) is 9.34. The summed E-state index contributed by atoms with van der Waals surface area (Å²) in [4.78, 5) is 25.2. The molecule has 1 aliphatic rings. The van der Waals surface area contributed by atoms with Gasteiger partial charge in [0.05, 0.1) is 12.0 Å². The first-order valence-corrected chi connectivity index (χ1v) is 6.42. The second kappa shape index (κ2) is 4.68. The van der Waals surface area contributed by atoms with E-state index in [-0.39, 0.29) is 17.9 Å². The molecule has 2 atom stereocenters. The predicted molar refractivity (Wildman–Crippen MR) is 71.4 cm³/mol. The summed E-state index contributed by atoms with van der Waals surface area (Å²) < 4.78 is 5.28. The van der Waals surface area contributed by atoms with E-state index in [1.807, 2.05) is 37.3 Å². The van der Waals surface area contributed by atoms with E-state index in [4.69, 9.17) is 4.74 Å². The third kappa shape index (κ3) is 2.62. The Balaban J connectivity index is 2.20. The average molecular weight is 261 g/mol. The molecule has 1 aliphatic heterocycles. The lowest BCUT2D eigenvalue weighted by atomic mass is 9.84. The van der Waals surface area contributed by atoms with E-state index < -0.39 is 11.7 Å². The van der Waals surface area contributed by atoms with Crippen molar-refractivity contribution in [3.05, 3.63) is 35.9 Å². The van der Waals surface area contributed by atoms with Crippen molar-refractivity contribution in [3.8, 4) is 0 Å². The molecule has 1 saturated heterocycles. The molecule has 1 heterocycles. The Morgan fingerprint density at radius 2 is 1.79 bits per heavy atom. The monoisotopic (exact) mass is 261 g/mol. The summed E-state index contributed by atoms with van der Waals surface area (Å²) in [5, 5.41) is 0. The maximum Gasteiger partial charge on any atom is 0.417 e. The number of hydrogen-bond acceptors (Lipinski definition) is 3.